The Morgan fingerprint density at radius 2 is 1.67 bits per heavy atom. The molecule has 0 aliphatic carbocycles. The molecule has 0 bridgehead atoms. The van der Waals surface area contributed by atoms with Gasteiger partial charge in [-0.25, -0.2) is 4.39 Å². The second-order valence-electron chi connectivity index (χ2n) is 9.48. The van der Waals surface area contributed by atoms with Crippen LogP contribution in [0.15, 0.2) is 48.5 Å². The van der Waals surface area contributed by atoms with E-state index in [4.69, 9.17) is 0 Å². The Morgan fingerprint density at radius 1 is 0.939 bits per heavy atom. The van der Waals surface area contributed by atoms with Gasteiger partial charge in [-0.3, -0.25) is 14.5 Å². The van der Waals surface area contributed by atoms with Crippen molar-refractivity contribution in [3.8, 4) is 0 Å². The molecular weight excluding hydrogens is 417 g/mol. The van der Waals surface area contributed by atoms with Gasteiger partial charge >= 0.3 is 0 Å². The fourth-order valence-corrected chi connectivity index (χ4v) is 4.87. The van der Waals surface area contributed by atoms with Crippen LogP contribution in [0.5, 0.6) is 0 Å². The molecule has 0 aromatic heterocycles. The van der Waals surface area contributed by atoms with Crippen LogP contribution in [0.4, 0.5) is 10.1 Å². The molecule has 0 radical (unpaired) electrons. The smallest absolute Gasteiger partial charge is 0.229 e. The number of rotatable bonds is 6. The topological polar surface area (TPSA) is 52.7 Å². The highest BCUT2D eigenvalue weighted by atomic mass is 19.1. The molecule has 2 atom stereocenters. The Hall–Kier alpha value is -2.73. The van der Waals surface area contributed by atoms with Crippen LogP contribution in [-0.4, -0.2) is 47.3 Å². The number of likely N-dealkylation sites (tertiary alicyclic amines) is 2. The summed E-state index contributed by atoms with van der Waals surface area (Å²) in [6, 6.07) is 14.8. The van der Waals surface area contributed by atoms with Gasteiger partial charge in [0.25, 0.3) is 0 Å². The molecule has 2 heterocycles. The zero-order valence-electron chi connectivity index (χ0n) is 19.4. The summed E-state index contributed by atoms with van der Waals surface area (Å²) in [7, 11) is 0. The SMILES string of the molecule is CC1CCCCN1Cc1ccc(NC(=O)C2CCCN(C(=O)Cc3ccc(F)cc3)C2)cc1. The molecule has 6 heteroatoms. The van der Waals surface area contributed by atoms with Crippen molar-refractivity contribution >= 4 is 17.5 Å². The summed E-state index contributed by atoms with van der Waals surface area (Å²) in [4.78, 5) is 29.9. The summed E-state index contributed by atoms with van der Waals surface area (Å²) in [5.41, 5.74) is 2.84. The van der Waals surface area contributed by atoms with E-state index in [9.17, 15) is 14.0 Å². The highest BCUT2D eigenvalue weighted by molar-refractivity contribution is 5.93. The summed E-state index contributed by atoms with van der Waals surface area (Å²) in [6.07, 6.45) is 5.66. The molecule has 0 saturated carbocycles. The van der Waals surface area contributed by atoms with Crippen LogP contribution < -0.4 is 5.32 Å². The first-order valence-electron chi connectivity index (χ1n) is 12.1. The maximum absolute atomic E-state index is 13.1. The van der Waals surface area contributed by atoms with E-state index in [0.717, 1.165) is 37.2 Å². The van der Waals surface area contributed by atoms with Gasteiger partial charge in [-0.1, -0.05) is 30.7 Å². The van der Waals surface area contributed by atoms with E-state index in [1.165, 1.54) is 37.0 Å². The van der Waals surface area contributed by atoms with E-state index >= 15 is 0 Å². The highest BCUT2D eigenvalue weighted by Gasteiger charge is 2.28. The minimum atomic E-state index is -0.310. The lowest BCUT2D eigenvalue weighted by Gasteiger charge is -2.33. The third-order valence-electron chi connectivity index (χ3n) is 6.96. The molecule has 2 aromatic carbocycles. The lowest BCUT2D eigenvalue weighted by molar-refractivity contribution is -0.133. The van der Waals surface area contributed by atoms with Crippen molar-refractivity contribution < 1.29 is 14.0 Å². The maximum Gasteiger partial charge on any atom is 0.229 e. The van der Waals surface area contributed by atoms with E-state index in [2.05, 4.69) is 29.3 Å². The van der Waals surface area contributed by atoms with Crippen LogP contribution in [0.1, 0.15) is 50.2 Å². The Kier molecular flexibility index (Phi) is 7.76. The van der Waals surface area contributed by atoms with Crippen LogP contribution in [0.2, 0.25) is 0 Å². The molecule has 2 amide bonds. The van der Waals surface area contributed by atoms with Gasteiger partial charge in [0.2, 0.25) is 11.8 Å². The number of nitrogens with zero attached hydrogens (tertiary/aromatic N) is 2. The largest absolute Gasteiger partial charge is 0.342 e. The Morgan fingerprint density at radius 3 is 2.39 bits per heavy atom. The standard InChI is InChI=1S/C27H34FN3O2/c1-20-5-2-3-15-30(20)18-22-9-13-25(14-10-22)29-27(33)23-6-4-16-31(19-23)26(32)17-21-7-11-24(28)12-8-21/h7-14,20,23H,2-6,15-19H2,1H3,(H,29,33). The number of carbonyl (C=O) groups is 2. The van der Waals surface area contributed by atoms with Gasteiger partial charge in [0.1, 0.15) is 5.82 Å². The zero-order chi connectivity index (χ0) is 23.2. The number of hydrogen-bond donors (Lipinski definition) is 1. The second kappa shape index (κ2) is 10.9. The van der Waals surface area contributed by atoms with Crippen LogP contribution in [0.3, 0.4) is 0 Å². The number of benzene rings is 2. The Labute approximate surface area is 196 Å². The van der Waals surface area contributed by atoms with Crippen molar-refractivity contribution in [3.05, 3.63) is 65.5 Å². The molecule has 33 heavy (non-hydrogen) atoms. The van der Waals surface area contributed by atoms with E-state index < -0.39 is 0 Å². The van der Waals surface area contributed by atoms with Gasteiger partial charge in [-0.05, 0) is 74.5 Å². The second-order valence-corrected chi connectivity index (χ2v) is 9.48. The average Bonchev–Trinajstić information content (AvgIpc) is 2.83. The van der Waals surface area contributed by atoms with Gasteiger partial charge in [0.15, 0.2) is 0 Å². The number of carbonyl (C=O) groups excluding carboxylic acids is 2. The average molecular weight is 452 g/mol. The molecular formula is C27H34FN3O2. The van der Waals surface area contributed by atoms with Crippen LogP contribution in [0, 0.1) is 11.7 Å². The monoisotopic (exact) mass is 451 g/mol. The summed E-state index contributed by atoms with van der Waals surface area (Å²) in [5.74, 6) is -0.582. The molecule has 2 unspecified atom stereocenters. The van der Waals surface area contributed by atoms with Crippen LogP contribution >= 0.6 is 0 Å². The molecule has 2 aromatic rings. The molecule has 176 valence electrons. The third-order valence-corrected chi connectivity index (χ3v) is 6.96. The van der Waals surface area contributed by atoms with E-state index in [-0.39, 0.29) is 30.0 Å². The van der Waals surface area contributed by atoms with E-state index in [1.54, 1.807) is 17.0 Å². The van der Waals surface area contributed by atoms with Crippen molar-refractivity contribution in [3.63, 3.8) is 0 Å². The number of nitrogens with one attached hydrogen (secondary N) is 1. The van der Waals surface area contributed by atoms with E-state index in [0.29, 0.717) is 19.1 Å². The first-order chi connectivity index (χ1) is 16.0. The first-order valence-corrected chi connectivity index (χ1v) is 12.1. The number of anilines is 1. The van der Waals surface area contributed by atoms with Crippen molar-refractivity contribution in [1.82, 2.24) is 9.80 Å². The molecule has 2 saturated heterocycles. The zero-order valence-corrected chi connectivity index (χ0v) is 19.4. The number of amides is 2. The third kappa shape index (κ3) is 6.41. The van der Waals surface area contributed by atoms with Crippen molar-refractivity contribution in [2.24, 2.45) is 5.92 Å². The summed E-state index contributed by atoms with van der Waals surface area (Å²) in [6.45, 7) is 5.48. The molecule has 2 aliphatic rings. The minimum Gasteiger partial charge on any atom is -0.342 e. The first kappa shape index (κ1) is 23.4. The number of piperidine rings is 2. The fraction of sp³-hybridized carbons (Fsp3) is 0.481. The summed E-state index contributed by atoms with van der Waals surface area (Å²) in [5, 5.41) is 3.03. The minimum absolute atomic E-state index is 0.0181. The summed E-state index contributed by atoms with van der Waals surface area (Å²) >= 11 is 0. The Bertz CT molecular complexity index is 945. The normalized spacial score (nSPS) is 21.6. The predicted octanol–water partition coefficient (Wildman–Crippen LogP) is 4.62. The number of halogens is 1. The van der Waals surface area contributed by atoms with E-state index in [1.807, 2.05) is 12.1 Å². The Balaban J connectivity index is 1.28. The van der Waals surface area contributed by atoms with Crippen molar-refractivity contribution in [2.45, 2.75) is 58.0 Å². The summed E-state index contributed by atoms with van der Waals surface area (Å²) < 4.78 is 13.1. The van der Waals surface area contributed by atoms with Crippen LogP contribution in [0.25, 0.3) is 0 Å². The fourth-order valence-electron chi connectivity index (χ4n) is 4.87. The molecule has 2 fully saturated rings. The lowest BCUT2D eigenvalue weighted by Crippen LogP contribution is -2.44. The lowest BCUT2D eigenvalue weighted by atomic mass is 9.96. The van der Waals surface area contributed by atoms with Gasteiger partial charge in [0, 0.05) is 31.4 Å². The maximum atomic E-state index is 13.1. The van der Waals surface area contributed by atoms with Crippen molar-refractivity contribution in [2.75, 3.05) is 25.0 Å². The molecule has 5 nitrogen and oxygen atoms in total. The van der Waals surface area contributed by atoms with Gasteiger partial charge in [0.05, 0.1) is 12.3 Å². The van der Waals surface area contributed by atoms with Gasteiger partial charge < -0.3 is 10.2 Å². The molecule has 0 spiro atoms. The quantitative estimate of drug-likeness (QED) is 0.697. The van der Waals surface area contributed by atoms with Gasteiger partial charge in [-0.15, -0.1) is 0 Å². The van der Waals surface area contributed by atoms with Gasteiger partial charge in [-0.2, -0.15) is 0 Å². The molecule has 1 N–H and O–H groups in total. The van der Waals surface area contributed by atoms with Crippen molar-refractivity contribution in [1.29, 1.82) is 0 Å². The molecule has 2 aliphatic heterocycles. The highest BCUT2D eigenvalue weighted by Crippen LogP contribution is 2.22. The number of hydrogen-bond acceptors (Lipinski definition) is 3. The predicted molar refractivity (Wildman–Crippen MR) is 128 cm³/mol. The van der Waals surface area contributed by atoms with Crippen LogP contribution in [-0.2, 0) is 22.6 Å². The molecule has 4 rings (SSSR count).